The second kappa shape index (κ2) is 6.10. The van der Waals surface area contributed by atoms with Gasteiger partial charge in [-0.25, -0.2) is 18.8 Å². The molecule has 0 spiro atoms. The van der Waals surface area contributed by atoms with Gasteiger partial charge in [0, 0.05) is 22.7 Å². The van der Waals surface area contributed by atoms with E-state index < -0.39 is 41.3 Å². The Kier molecular flexibility index (Phi) is 4.04. The average Bonchev–Trinajstić information content (AvgIpc) is 3.01. The van der Waals surface area contributed by atoms with E-state index in [0.717, 1.165) is 13.0 Å². The summed E-state index contributed by atoms with van der Waals surface area (Å²) in [4.78, 5) is 7.72. The number of rotatable bonds is 2. The first-order chi connectivity index (χ1) is 13.1. The molecule has 1 aromatic heterocycles. The number of benzene rings is 2. The molecule has 146 valence electrons. The third-order valence-electron chi connectivity index (χ3n) is 4.61. The molecular weight excluding hydrogens is 402 g/mol. The highest BCUT2D eigenvalue weighted by Gasteiger charge is 2.56. The first-order valence-electron chi connectivity index (χ1n) is 8.03. The summed E-state index contributed by atoms with van der Waals surface area (Å²) < 4.78 is 68.1. The minimum absolute atomic E-state index is 0.216. The Labute approximate surface area is 160 Å². The molecule has 0 radical (unpaired) electrons. The number of aromatic nitrogens is 1. The predicted octanol–water partition coefficient (Wildman–Crippen LogP) is 4.62. The van der Waals surface area contributed by atoms with Crippen LogP contribution in [-0.4, -0.2) is 23.5 Å². The molecule has 0 bridgehead atoms. The summed E-state index contributed by atoms with van der Waals surface area (Å²) in [5.41, 5.74) is 2.77. The maximum Gasteiger partial charge on any atom is 0.310 e. The number of alkyl halides is 2. The summed E-state index contributed by atoms with van der Waals surface area (Å²) >= 11 is 5.88. The summed E-state index contributed by atoms with van der Waals surface area (Å²) in [6.45, 7) is -0.0965. The van der Waals surface area contributed by atoms with Crippen LogP contribution in [0.3, 0.4) is 0 Å². The lowest BCUT2D eigenvalue weighted by molar-refractivity contribution is -0.117. The molecule has 0 saturated carbocycles. The van der Waals surface area contributed by atoms with Gasteiger partial charge in [0.05, 0.1) is 5.56 Å². The Morgan fingerprint density at radius 1 is 1.14 bits per heavy atom. The molecule has 2 heterocycles. The van der Waals surface area contributed by atoms with Crippen molar-refractivity contribution in [3.8, 4) is 11.5 Å². The van der Waals surface area contributed by atoms with Gasteiger partial charge in [-0.05, 0) is 25.1 Å². The maximum atomic E-state index is 14.5. The number of ether oxygens (including phenoxy) is 1. The summed E-state index contributed by atoms with van der Waals surface area (Å²) in [5, 5.41) is 0.370. The van der Waals surface area contributed by atoms with Crippen molar-refractivity contribution in [2.24, 2.45) is 10.7 Å². The molecular formula is C18H12ClF4N3O2. The van der Waals surface area contributed by atoms with Crippen LogP contribution in [0, 0.1) is 11.6 Å². The van der Waals surface area contributed by atoms with Crippen molar-refractivity contribution in [3.63, 3.8) is 0 Å². The SMILES string of the molecule is CC1(c2cc(-c3nc4ccc(Cl)cc4o3)c(F)cc2F)N=C(N)OCC1(F)F. The van der Waals surface area contributed by atoms with Crippen molar-refractivity contribution >= 4 is 28.7 Å². The number of fused-ring (bicyclic) bond motifs is 1. The van der Waals surface area contributed by atoms with Gasteiger partial charge in [0.15, 0.2) is 17.7 Å². The fraction of sp³-hybridized carbons (Fsp3) is 0.222. The molecule has 1 aliphatic heterocycles. The van der Waals surface area contributed by atoms with Crippen molar-refractivity contribution in [2.75, 3.05) is 6.61 Å². The second-order valence-electron chi connectivity index (χ2n) is 6.46. The summed E-state index contributed by atoms with van der Waals surface area (Å²) in [6.07, 6.45) is 0. The normalized spacial score (nSPS) is 21.4. The zero-order chi connectivity index (χ0) is 20.3. The molecule has 28 heavy (non-hydrogen) atoms. The highest BCUT2D eigenvalue weighted by molar-refractivity contribution is 6.31. The zero-order valence-corrected chi connectivity index (χ0v) is 15.0. The number of hydrogen-bond donors (Lipinski definition) is 1. The van der Waals surface area contributed by atoms with Crippen molar-refractivity contribution in [1.82, 2.24) is 4.98 Å². The fourth-order valence-electron chi connectivity index (χ4n) is 3.00. The van der Waals surface area contributed by atoms with Crippen molar-refractivity contribution in [3.05, 3.63) is 52.6 Å². The Balaban J connectivity index is 1.92. The molecule has 2 N–H and O–H groups in total. The van der Waals surface area contributed by atoms with Gasteiger partial charge in [0.2, 0.25) is 5.89 Å². The maximum absolute atomic E-state index is 14.5. The number of nitrogens with zero attached hydrogens (tertiary/aromatic N) is 2. The van der Waals surface area contributed by atoms with Crippen LogP contribution in [0.1, 0.15) is 12.5 Å². The molecule has 1 atom stereocenters. The Bertz CT molecular complexity index is 1130. The number of aliphatic imine (C=N–C) groups is 1. The van der Waals surface area contributed by atoms with Gasteiger partial charge >= 0.3 is 5.92 Å². The van der Waals surface area contributed by atoms with E-state index in [4.69, 9.17) is 21.8 Å². The van der Waals surface area contributed by atoms with Crippen LogP contribution >= 0.6 is 11.6 Å². The van der Waals surface area contributed by atoms with Crippen LogP contribution in [0.15, 0.2) is 39.7 Å². The summed E-state index contributed by atoms with van der Waals surface area (Å²) in [6, 6.07) is 5.43. The van der Waals surface area contributed by atoms with Crippen molar-refractivity contribution in [2.45, 2.75) is 18.4 Å². The number of amidine groups is 1. The van der Waals surface area contributed by atoms with Gasteiger partial charge in [-0.2, -0.15) is 8.78 Å². The standard InChI is InChI=1S/C18H12ClF4N3O2/c1-17(18(22,23)7-27-16(24)26-17)10-5-9(11(20)6-12(10)21)15-25-13-3-2-8(19)4-14(13)28-15/h2-6H,7H2,1H3,(H2,24,26). The van der Waals surface area contributed by atoms with Crippen LogP contribution in [0.25, 0.3) is 22.6 Å². The van der Waals surface area contributed by atoms with Crippen molar-refractivity contribution < 1.29 is 26.7 Å². The molecule has 1 unspecified atom stereocenters. The number of nitrogens with two attached hydrogens (primary N) is 1. The first-order valence-corrected chi connectivity index (χ1v) is 8.40. The van der Waals surface area contributed by atoms with E-state index in [9.17, 15) is 17.6 Å². The quantitative estimate of drug-likeness (QED) is 0.622. The molecule has 10 heteroatoms. The largest absolute Gasteiger partial charge is 0.459 e. The topological polar surface area (TPSA) is 73.6 Å². The average molecular weight is 414 g/mol. The molecule has 3 aromatic rings. The van der Waals surface area contributed by atoms with E-state index in [-0.39, 0.29) is 17.0 Å². The number of oxazole rings is 1. The van der Waals surface area contributed by atoms with Crippen molar-refractivity contribution in [1.29, 1.82) is 0 Å². The fourth-order valence-corrected chi connectivity index (χ4v) is 3.16. The van der Waals surface area contributed by atoms with Crippen LogP contribution in [0.2, 0.25) is 5.02 Å². The highest BCUT2D eigenvalue weighted by Crippen LogP contribution is 2.45. The smallest absolute Gasteiger partial charge is 0.310 e. The lowest BCUT2D eigenvalue weighted by Crippen LogP contribution is -2.51. The van der Waals surface area contributed by atoms with E-state index in [2.05, 4.69) is 14.7 Å². The molecule has 5 nitrogen and oxygen atoms in total. The Morgan fingerprint density at radius 3 is 2.64 bits per heavy atom. The molecule has 4 rings (SSSR count). The van der Waals surface area contributed by atoms with E-state index in [1.807, 2.05) is 0 Å². The van der Waals surface area contributed by atoms with Crippen LogP contribution in [0.5, 0.6) is 0 Å². The van der Waals surface area contributed by atoms with E-state index >= 15 is 0 Å². The van der Waals surface area contributed by atoms with Gasteiger partial charge in [-0.3, -0.25) is 0 Å². The van der Waals surface area contributed by atoms with E-state index in [1.54, 1.807) is 12.1 Å². The minimum Gasteiger partial charge on any atom is -0.459 e. The third-order valence-corrected chi connectivity index (χ3v) is 4.84. The van der Waals surface area contributed by atoms with Gasteiger partial charge in [0.1, 0.15) is 17.2 Å². The molecule has 2 aromatic carbocycles. The minimum atomic E-state index is -3.60. The van der Waals surface area contributed by atoms with Gasteiger partial charge in [-0.15, -0.1) is 0 Å². The van der Waals surface area contributed by atoms with Gasteiger partial charge in [0.25, 0.3) is 6.02 Å². The van der Waals surface area contributed by atoms with Crippen LogP contribution < -0.4 is 5.73 Å². The van der Waals surface area contributed by atoms with Gasteiger partial charge in [-0.1, -0.05) is 11.6 Å². The lowest BCUT2D eigenvalue weighted by Gasteiger charge is -2.37. The van der Waals surface area contributed by atoms with Crippen LogP contribution in [-0.2, 0) is 10.3 Å². The summed E-state index contributed by atoms with van der Waals surface area (Å²) in [5.74, 6) is -6.05. The first kappa shape index (κ1) is 18.5. The Morgan fingerprint density at radius 2 is 1.89 bits per heavy atom. The summed E-state index contributed by atoms with van der Waals surface area (Å²) in [7, 11) is 0. The number of halogens is 5. The van der Waals surface area contributed by atoms with E-state index in [0.29, 0.717) is 16.6 Å². The Hall–Kier alpha value is -2.81. The second-order valence-corrected chi connectivity index (χ2v) is 6.89. The molecule has 0 fully saturated rings. The monoisotopic (exact) mass is 413 g/mol. The van der Waals surface area contributed by atoms with Crippen LogP contribution in [0.4, 0.5) is 17.6 Å². The molecule has 0 saturated heterocycles. The molecule has 0 amide bonds. The van der Waals surface area contributed by atoms with E-state index in [1.165, 1.54) is 6.07 Å². The zero-order valence-electron chi connectivity index (χ0n) is 14.3. The number of hydrogen-bond acceptors (Lipinski definition) is 5. The predicted molar refractivity (Wildman–Crippen MR) is 94.2 cm³/mol. The highest BCUT2D eigenvalue weighted by atomic mass is 35.5. The molecule has 1 aliphatic rings. The lowest BCUT2D eigenvalue weighted by atomic mass is 9.84. The third kappa shape index (κ3) is 2.77. The van der Waals surface area contributed by atoms with Gasteiger partial charge < -0.3 is 14.9 Å². The molecule has 0 aliphatic carbocycles.